The summed E-state index contributed by atoms with van der Waals surface area (Å²) in [7, 11) is 0. The van der Waals surface area contributed by atoms with E-state index in [1.165, 1.54) is 5.56 Å². The molecule has 1 aromatic heterocycles. The van der Waals surface area contributed by atoms with E-state index >= 15 is 0 Å². The third-order valence-corrected chi connectivity index (χ3v) is 5.98. The lowest BCUT2D eigenvalue weighted by Crippen LogP contribution is -2.58. The number of nitrogens with one attached hydrogen (secondary N) is 3. The van der Waals surface area contributed by atoms with Gasteiger partial charge in [0.2, 0.25) is 11.8 Å². The fraction of sp³-hybridized carbons (Fsp3) is 0.435. The lowest BCUT2D eigenvalue weighted by molar-refractivity contribution is -0.129. The standard InChI is InChI=1S/C23H29N5O2/c29-22(26-14-18-7-4-10-24-12-18)9-8-20-15-27-23(30)21-11-19(16-28(20)21)25-13-17-5-2-1-3-6-17/h1-7,10,12,19-21,25H,8-9,11,13-16H2,(H,26,29)(H,27,30)/t19-,20+,21-/m0/s1. The van der Waals surface area contributed by atoms with E-state index in [0.717, 1.165) is 31.5 Å². The molecule has 2 fully saturated rings. The van der Waals surface area contributed by atoms with E-state index < -0.39 is 0 Å². The van der Waals surface area contributed by atoms with E-state index in [9.17, 15) is 9.59 Å². The molecule has 3 heterocycles. The Morgan fingerprint density at radius 1 is 1.13 bits per heavy atom. The Balaban J connectivity index is 1.25. The van der Waals surface area contributed by atoms with Crippen molar-refractivity contribution in [2.45, 2.75) is 50.5 Å². The van der Waals surface area contributed by atoms with E-state index in [1.807, 2.05) is 30.3 Å². The fourth-order valence-electron chi connectivity index (χ4n) is 4.34. The van der Waals surface area contributed by atoms with Crippen molar-refractivity contribution in [3.05, 3.63) is 66.0 Å². The molecule has 0 radical (unpaired) electrons. The molecule has 0 saturated carbocycles. The zero-order valence-electron chi connectivity index (χ0n) is 17.1. The molecule has 2 aliphatic heterocycles. The van der Waals surface area contributed by atoms with E-state index in [4.69, 9.17) is 0 Å². The van der Waals surface area contributed by atoms with Crippen molar-refractivity contribution in [1.29, 1.82) is 0 Å². The number of benzene rings is 1. The molecule has 158 valence electrons. The summed E-state index contributed by atoms with van der Waals surface area (Å²) >= 11 is 0. The number of pyridine rings is 1. The van der Waals surface area contributed by atoms with E-state index in [0.29, 0.717) is 19.5 Å². The number of nitrogens with zero attached hydrogens (tertiary/aromatic N) is 2. The van der Waals surface area contributed by atoms with Gasteiger partial charge in [0.25, 0.3) is 0 Å². The Morgan fingerprint density at radius 3 is 2.77 bits per heavy atom. The minimum absolute atomic E-state index is 0.0326. The number of piperazine rings is 1. The van der Waals surface area contributed by atoms with Gasteiger partial charge >= 0.3 is 0 Å². The molecule has 7 heteroatoms. The minimum atomic E-state index is -0.101. The van der Waals surface area contributed by atoms with Crippen molar-refractivity contribution >= 4 is 11.8 Å². The molecule has 2 saturated heterocycles. The first-order chi connectivity index (χ1) is 14.7. The van der Waals surface area contributed by atoms with Gasteiger partial charge in [0, 0.05) is 57.1 Å². The molecule has 30 heavy (non-hydrogen) atoms. The van der Waals surface area contributed by atoms with Gasteiger partial charge in [-0.3, -0.25) is 19.5 Å². The third kappa shape index (κ3) is 5.23. The van der Waals surface area contributed by atoms with Gasteiger partial charge in [0.1, 0.15) is 0 Å². The first-order valence-electron chi connectivity index (χ1n) is 10.7. The first kappa shape index (κ1) is 20.5. The van der Waals surface area contributed by atoms with Crippen LogP contribution in [0.4, 0.5) is 0 Å². The number of aromatic nitrogens is 1. The third-order valence-electron chi connectivity index (χ3n) is 5.98. The molecule has 0 spiro atoms. The van der Waals surface area contributed by atoms with Crippen molar-refractivity contribution in [3.63, 3.8) is 0 Å². The number of rotatable bonds is 8. The number of carbonyl (C=O) groups excluding carboxylic acids is 2. The second-order valence-electron chi connectivity index (χ2n) is 8.09. The Hall–Kier alpha value is -2.77. The SMILES string of the molecule is O=C(CC[C@@H]1CNC(=O)[C@@H]2C[C@H](NCc3ccccc3)CN12)NCc1cccnc1. The van der Waals surface area contributed by atoms with Crippen molar-refractivity contribution in [2.75, 3.05) is 13.1 Å². The van der Waals surface area contributed by atoms with Gasteiger partial charge in [-0.25, -0.2) is 0 Å². The molecule has 4 rings (SSSR count). The van der Waals surface area contributed by atoms with Gasteiger partial charge in [-0.15, -0.1) is 0 Å². The largest absolute Gasteiger partial charge is 0.353 e. The highest BCUT2D eigenvalue weighted by Gasteiger charge is 2.43. The minimum Gasteiger partial charge on any atom is -0.353 e. The molecule has 3 atom stereocenters. The normalized spacial score (nSPS) is 23.6. The van der Waals surface area contributed by atoms with Crippen LogP contribution in [0.25, 0.3) is 0 Å². The van der Waals surface area contributed by atoms with Crippen LogP contribution < -0.4 is 16.0 Å². The highest BCUT2D eigenvalue weighted by molar-refractivity contribution is 5.83. The van der Waals surface area contributed by atoms with Crippen molar-refractivity contribution in [2.24, 2.45) is 0 Å². The maximum absolute atomic E-state index is 12.4. The summed E-state index contributed by atoms with van der Waals surface area (Å²) < 4.78 is 0. The van der Waals surface area contributed by atoms with Gasteiger partial charge in [0.15, 0.2) is 0 Å². The van der Waals surface area contributed by atoms with Gasteiger partial charge in [-0.1, -0.05) is 36.4 Å². The second-order valence-corrected chi connectivity index (χ2v) is 8.09. The number of fused-ring (bicyclic) bond motifs is 1. The van der Waals surface area contributed by atoms with Crippen molar-refractivity contribution in [3.8, 4) is 0 Å². The van der Waals surface area contributed by atoms with Crippen molar-refractivity contribution in [1.82, 2.24) is 25.8 Å². The summed E-state index contributed by atoms with van der Waals surface area (Å²) in [4.78, 5) is 31.0. The molecule has 7 nitrogen and oxygen atoms in total. The average molecular weight is 408 g/mol. The number of hydrogen-bond acceptors (Lipinski definition) is 5. The smallest absolute Gasteiger partial charge is 0.237 e. The van der Waals surface area contributed by atoms with Crippen LogP contribution in [0.3, 0.4) is 0 Å². The van der Waals surface area contributed by atoms with Crippen LogP contribution in [0, 0.1) is 0 Å². The molecule has 0 bridgehead atoms. The van der Waals surface area contributed by atoms with Crippen LogP contribution in [-0.2, 0) is 22.7 Å². The van der Waals surface area contributed by atoms with Crippen LogP contribution in [0.1, 0.15) is 30.4 Å². The quantitative estimate of drug-likeness (QED) is 0.612. The number of carbonyl (C=O) groups is 2. The predicted octanol–water partition coefficient (Wildman–Crippen LogP) is 1.21. The Bertz CT molecular complexity index is 845. The molecular weight excluding hydrogens is 378 g/mol. The molecule has 2 aliphatic rings. The van der Waals surface area contributed by atoms with E-state index in [-0.39, 0.29) is 29.9 Å². The molecule has 1 aromatic carbocycles. The van der Waals surface area contributed by atoms with Crippen LogP contribution in [0.15, 0.2) is 54.9 Å². The summed E-state index contributed by atoms with van der Waals surface area (Å²) in [6.07, 6.45) is 5.47. The van der Waals surface area contributed by atoms with Gasteiger partial charge < -0.3 is 16.0 Å². The average Bonchev–Trinajstić information content (AvgIpc) is 3.23. The second kappa shape index (κ2) is 9.82. The van der Waals surface area contributed by atoms with E-state index in [2.05, 4.69) is 38.0 Å². The Morgan fingerprint density at radius 2 is 1.97 bits per heavy atom. The number of hydrogen-bond donors (Lipinski definition) is 3. The van der Waals surface area contributed by atoms with Gasteiger partial charge in [-0.2, -0.15) is 0 Å². The maximum atomic E-state index is 12.4. The molecular formula is C23H29N5O2. The van der Waals surface area contributed by atoms with Gasteiger partial charge in [-0.05, 0) is 30.0 Å². The molecule has 3 N–H and O–H groups in total. The monoisotopic (exact) mass is 407 g/mol. The zero-order chi connectivity index (χ0) is 20.8. The molecule has 2 amide bonds. The van der Waals surface area contributed by atoms with Crippen LogP contribution in [0.5, 0.6) is 0 Å². The summed E-state index contributed by atoms with van der Waals surface area (Å²) in [6.45, 7) is 2.74. The van der Waals surface area contributed by atoms with Gasteiger partial charge in [0.05, 0.1) is 6.04 Å². The first-order valence-corrected chi connectivity index (χ1v) is 10.7. The van der Waals surface area contributed by atoms with E-state index in [1.54, 1.807) is 12.4 Å². The predicted molar refractivity (Wildman–Crippen MR) is 114 cm³/mol. The fourth-order valence-corrected chi connectivity index (χ4v) is 4.34. The van der Waals surface area contributed by atoms with Crippen LogP contribution in [0.2, 0.25) is 0 Å². The summed E-state index contributed by atoms with van der Waals surface area (Å²) in [5, 5.41) is 9.58. The summed E-state index contributed by atoms with van der Waals surface area (Å²) in [5.41, 5.74) is 2.23. The maximum Gasteiger partial charge on any atom is 0.237 e. The zero-order valence-corrected chi connectivity index (χ0v) is 17.1. The van der Waals surface area contributed by atoms with Crippen LogP contribution >= 0.6 is 0 Å². The Labute approximate surface area is 177 Å². The summed E-state index contributed by atoms with van der Waals surface area (Å²) in [5.74, 6) is 0.140. The molecule has 0 unspecified atom stereocenters. The lowest BCUT2D eigenvalue weighted by atomic mass is 10.0. The molecule has 2 aromatic rings. The number of amides is 2. The lowest BCUT2D eigenvalue weighted by Gasteiger charge is -2.37. The molecule has 0 aliphatic carbocycles. The highest BCUT2D eigenvalue weighted by Crippen LogP contribution is 2.26. The topological polar surface area (TPSA) is 86.4 Å². The highest BCUT2D eigenvalue weighted by atomic mass is 16.2. The van der Waals surface area contributed by atoms with Crippen LogP contribution in [-0.4, -0.2) is 52.9 Å². The Kier molecular flexibility index (Phi) is 6.71. The van der Waals surface area contributed by atoms with Crippen molar-refractivity contribution < 1.29 is 9.59 Å². The summed E-state index contributed by atoms with van der Waals surface area (Å²) in [6, 6.07) is 14.5.